The smallest absolute Gasteiger partial charge is 0.287 e. The molecule has 1 fully saturated rings. The summed E-state index contributed by atoms with van der Waals surface area (Å²) in [7, 11) is 1.51. The Hall–Kier alpha value is -1.13. The van der Waals surface area contributed by atoms with Crippen LogP contribution in [0.15, 0.2) is 29.4 Å². The molecule has 0 unspecified atom stereocenters. The molecule has 1 aliphatic rings. The first-order valence-electron chi connectivity index (χ1n) is 8.01. The molecule has 0 aromatic heterocycles. The average Bonchev–Trinajstić information content (AvgIpc) is 2.66. The predicted octanol–water partition coefficient (Wildman–Crippen LogP) is 0.239. The summed E-state index contributed by atoms with van der Waals surface area (Å²) in [6.45, 7) is -0.597. The Labute approximate surface area is 166 Å². The van der Waals surface area contributed by atoms with Gasteiger partial charge in [0.05, 0.1) is 13.7 Å². The van der Waals surface area contributed by atoms with Crippen molar-refractivity contribution in [1.29, 1.82) is 0 Å². The van der Waals surface area contributed by atoms with E-state index in [-0.39, 0.29) is 11.5 Å². The van der Waals surface area contributed by atoms with Gasteiger partial charge in [0.1, 0.15) is 40.6 Å². The summed E-state index contributed by atoms with van der Waals surface area (Å²) in [4.78, 5) is 0. The topological polar surface area (TPSA) is 182 Å². The number of rotatable bonds is 7. The molecule has 7 N–H and O–H groups in total. The molecule has 5 atom stereocenters. The Kier molecular flexibility index (Phi) is 8.32. The second-order valence-corrected chi connectivity index (χ2v) is 8.13. The van der Waals surface area contributed by atoms with Crippen molar-refractivity contribution in [2.75, 3.05) is 13.7 Å². The summed E-state index contributed by atoms with van der Waals surface area (Å²) in [5.74, 6) is 0.615. The molecular formula is C15H23NO10S2. The number of aliphatic hydroxyl groups is 4. The Morgan fingerprint density at radius 3 is 2.29 bits per heavy atom. The molecule has 0 amide bonds. The number of methoxy groups -OCH3 is 1. The van der Waals surface area contributed by atoms with Gasteiger partial charge in [-0.15, -0.1) is 0 Å². The predicted molar refractivity (Wildman–Crippen MR) is 102 cm³/mol. The van der Waals surface area contributed by atoms with Crippen LogP contribution in [0.5, 0.6) is 5.75 Å². The van der Waals surface area contributed by atoms with Gasteiger partial charge in [-0.2, -0.15) is 0 Å². The summed E-state index contributed by atoms with van der Waals surface area (Å²) in [6, 6.07) is 6.79. The molecule has 0 radical (unpaired) electrons. The molecule has 1 aromatic carbocycles. The number of hydrogen-bond donors (Lipinski definition) is 7. The lowest BCUT2D eigenvalue weighted by atomic mass is 10.0. The lowest BCUT2D eigenvalue weighted by molar-refractivity contribution is -0.205. The maximum atomic E-state index is 10.1. The molecule has 2 rings (SSSR count). The van der Waals surface area contributed by atoms with E-state index < -0.39 is 47.6 Å². The molecule has 1 aliphatic heterocycles. The van der Waals surface area contributed by atoms with Crippen LogP contribution in [0, 0.1) is 0 Å². The average molecular weight is 441 g/mol. The van der Waals surface area contributed by atoms with E-state index in [4.69, 9.17) is 23.1 Å². The third-order valence-electron chi connectivity index (χ3n) is 3.85. The third-order valence-corrected chi connectivity index (χ3v) is 5.24. The van der Waals surface area contributed by atoms with Crippen LogP contribution in [0.3, 0.4) is 0 Å². The van der Waals surface area contributed by atoms with Crippen LogP contribution in [0.4, 0.5) is 0 Å². The summed E-state index contributed by atoms with van der Waals surface area (Å²) in [5, 5.41) is 42.7. The van der Waals surface area contributed by atoms with E-state index in [1.807, 2.05) is 0 Å². The Balaban J connectivity index is 2.18. The molecule has 11 nitrogen and oxygen atoms in total. The fraction of sp³-hybridized carbons (Fsp3) is 0.533. The van der Waals surface area contributed by atoms with Crippen LogP contribution in [-0.2, 0) is 15.4 Å². The van der Waals surface area contributed by atoms with Gasteiger partial charge in [-0.3, -0.25) is 17.9 Å². The zero-order valence-electron chi connectivity index (χ0n) is 14.7. The molecule has 0 bridgehead atoms. The van der Waals surface area contributed by atoms with Crippen molar-refractivity contribution in [3.8, 4) is 5.75 Å². The molecule has 0 saturated carbocycles. The summed E-state index contributed by atoms with van der Waals surface area (Å²) in [6.07, 6.45) is -5.65. The van der Waals surface area contributed by atoms with E-state index in [1.54, 1.807) is 24.3 Å². The second-order valence-electron chi connectivity index (χ2n) is 5.87. The van der Waals surface area contributed by atoms with E-state index in [0.717, 1.165) is 11.8 Å². The first-order valence-corrected chi connectivity index (χ1v) is 10.3. The molecule has 160 valence electrons. The van der Waals surface area contributed by atoms with E-state index >= 15 is 0 Å². The third kappa shape index (κ3) is 6.45. The highest BCUT2D eigenvalue weighted by atomic mass is 32.3. The van der Waals surface area contributed by atoms with Gasteiger partial charge < -0.3 is 29.9 Å². The highest BCUT2D eigenvalue weighted by Crippen LogP contribution is 2.36. The van der Waals surface area contributed by atoms with Crippen molar-refractivity contribution in [3.05, 3.63) is 29.8 Å². The Morgan fingerprint density at radius 1 is 1.11 bits per heavy atom. The van der Waals surface area contributed by atoms with Gasteiger partial charge >= 0.3 is 0 Å². The first kappa shape index (κ1) is 23.2. The summed E-state index contributed by atoms with van der Waals surface area (Å²) in [5.41, 5.74) is -0.453. The van der Waals surface area contributed by atoms with Crippen molar-refractivity contribution in [3.63, 3.8) is 0 Å². The van der Waals surface area contributed by atoms with Crippen molar-refractivity contribution in [2.45, 2.75) is 36.3 Å². The molecule has 1 heterocycles. The maximum absolute atomic E-state index is 10.1. The quantitative estimate of drug-likeness (QED) is 0.175. The largest absolute Gasteiger partial charge is 0.497 e. The van der Waals surface area contributed by atoms with Crippen LogP contribution in [-0.4, -0.2) is 82.7 Å². The minimum Gasteiger partial charge on any atom is -0.497 e. The second kappa shape index (κ2) is 10.1. The van der Waals surface area contributed by atoms with Crippen molar-refractivity contribution in [1.82, 2.24) is 0 Å². The van der Waals surface area contributed by atoms with Gasteiger partial charge in [-0.25, -0.2) is 0 Å². The van der Waals surface area contributed by atoms with Crippen molar-refractivity contribution < 1.29 is 47.8 Å². The van der Waals surface area contributed by atoms with Gasteiger partial charge in [0.25, 0.3) is 11.2 Å². The zero-order valence-corrected chi connectivity index (χ0v) is 16.4. The van der Waals surface area contributed by atoms with Gasteiger partial charge in [-0.1, -0.05) is 29.1 Å². The minimum absolute atomic E-state index is 0.0588. The minimum atomic E-state index is -4.36. The zero-order chi connectivity index (χ0) is 20.9. The van der Waals surface area contributed by atoms with Gasteiger partial charge in [-0.05, 0) is 17.7 Å². The lowest BCUT2D eigenvalue weighted by Gasteiger charge is -2.39. The van der Waals surface area contributed by atoms with Crippen LogP contribution in [0.1, 0.15) is 5.56 Å². The van der Waals surface area contributed by atoms with Crippen LogP contribution >= 0.6 is 22.9 Å². The fourth-order valence-corrected chi connectivity index (χ4v) is 3.74. The number of oxime groups is 1. The number of hydrogen-bond acceptors (Lipinski definition) is 12. The highest BCUT2D eigenvalue weighted by molar-refractivity contribution is 8.15. The SMILES string of the molecule is COc1ccc(C/C(=N\OS(O)(O)O)S[C@H]2O[C@@H](CO)[C@@H](O)[C@@H](O)[C@H]2O)cc1. The summed E-state index contributed by atoms with van der Waals surface area (Å²) < 4.78 is 41.6. The molecule has 1 aromatic rings. The number of ether oxygens (including phenoxy) is 2. The molecule has 13 heteroatoms. The van der Waals surface area contributed by atoms with Gasteiger partial charge in [0.2, 0.25) is 0 Å². The van der Waals surface area contributed by atoms with E-state index in [9.17, 15) is 20.4 Å². The van der Waals surface area contributed by atoms with E-state index in [0.29, 0.717) is 11.3 Å². The number of aliphatic hydroxyl groups excluding tert-OH is 4. The van der Waals surface area contributed by atoms with Crippen LogP contribution < -0.4 is 4.74 Å². The monoisotopic (exact) mass is 441 g/mol. The van der Waals surface area contributed by atoms with Crippen LogP contribution in [0.25, 0.3) is 0 Å². The highest BCUT2D eigenvalue weighted by Gasteiger charge is 2.44. The first-order chi connectivity index (χ1) is 13.1. The molecular weight excluding hydrogens is 418 g/mol. The molecule has 28 heavy (non-hydrogen) atoms. The van der Waals surface area contributed by atoms with Crippen LogP contribution in [0.2, 0.25) is 0 Å². The number of benzene rings is 1. The van der Waals surface area contributed by atoms with Crippen molar-refractivity contribution >= 4 is 28.0 Å². The molecule has 1 saturated heterocycles. The number of thioether (sulfide) groups is 1. The van der Waals surface area contributed by atoms with E-state index in [2.05, 4.69) is 9.44 Å². The standard InChI is InChI=1S/C15H23NO10S2/c1-24-9-4-2-8(3-5-9)6-11(16-26-28(21,22)23)27-15-14(20)13(19)12(18)10(7-17)25-15/h2-5,10,12-15,17-23H,6-7H2,1H3/b16-11+/t10-,12+,13+,14+,15+/m0/s1. The van der Waals surface area contributed by atoms with Gasteiger partial charge in [0, 0.05) is 6.42 Å². The molecule has 0 aliphatic carbocycles. The summed E-state index contributed by atoms with van der Waals surface area (Å²) >= 11 is -3.60. The van der Waals surface area contributed by atoms with Crippen molar-refractivity contribution in [2.24, 2.45) is 5.16 Å². The number of nitrogens with zero attached hydrogens (tertiary/aromatic N) is 1. The van der Waals surface area contributed by atoms with Gasteiger partial charge in [0.15, 0.2) is 0 Å². The lowest BCUT2D eigenvalue weighted by Crippen LogP contribution is -2.57. The molecule has 0 spiro atoms. The van der Waals surface area contributed by atoms with E-state index in [1.165, 1.54) is 7.11 Å². The maximum Gasteiger partial charge on any atom is 0.287 e. The Bertz CT molecular complexity index is 651. The normalized spacial score (nSPS) is 29.4. The Morgan fingerprint density at radius 2 is 1.75 bits per heavy atom. The fourth-order valence-electron chi connectivity index (χ4n) is 2.40.